The van der Waals surface area contributed by atoms with Crippen molar-refractivity contribution in [1.29, 1.82) is 0 Å². The maximum Gasteiger partial charge on any atom is 0.254 e. The second-order valence-electron chi connectivity index (χ2n) is 5.01. The molecule has 0 aliphatic carbocycles. The molecule has 1 unspecified atom stereocenters. The van der Waals surface area contributed by atoms with Gasteiger partial charge in [0.25, 0.3) is 5.91 Å². The van der Waals surface area contributed by atoms with Crippen LogP contribution in [0.4, 0.5) is 5.69 Å². The zero-order chi connectivity index (χ0) is 15.4. The van der Waals surface area contributed by atoms with E-state index >= 15 is 0 Å². The lowest BCUT2D eigenvalue weighted by atomic mass is 10.1. The Kier molecular flexibility index (Phi) is 4.81. The molecule has 2 rings (SSSR count). The molecule has 4 nitrogen and oxygen atoms in total. The third-order valence-corrected chi connectivity index (χ3v) is 3.45. The van der Waals surface area contributed by atoms with Crippen LogP contribution in [0.2, 0.25) is 5.02 Å². The second-order valence-corrected chi connectivity index (χ2v) is 5.42. The summed E-state index contributed by atoms with van der Waals surface area (Å²) in [5, 5.41) is 3.78. The van der Waals surface area contributed by atoms with Crippen LogP contribution in [0.15, 0.2) is 42.6 Å². The average Bonchev–Trinajstić information content (AvgIpc) is 2.49. The summed E-state index contributed by atoms with van der Waals surface area (Å²) in [5.74, 6) is -0.117. The van der Waals surface area contributed by atoms with Gasteiger partial charge in [-0.1, -0.05) is 17.7 Å². The van der Waals surface area contributed by atoms with Crippen molar-refractivity contribution in [3.63, 3.8) is 0 Å². The van der Waals surface area contributed by atoms with Gasteiger partial charge in [-0.05, 0) is 37.3 Å². The van der Waals surface area contributed by atoms with Gasteiger partial charge < -0.3 is 10.2 Å². The predicted molar refractivity (Wildman–Crippen MR) is 85.7 cm³/mol. The number of benzene rings is 1. The fourth-order valence-electron chi connectivity index (χ4n) is 1.98. The Balaban J connectivity index is 2.22. The van der Waals surface area contributed by atoms with Crippen molar-refractivity contribution < 1.29 is 4.79 Å². The molecule has 2 aromatic rings. The lowest BCUT2D eigenvalue weighted by molar-refractivity contribution is 0.0828. The first kappa shape index (κ1) is 15.3. The summed E-state index contributed by atoms with van der Waals surface area (Å²) in [5.41, 5.74) is 2.26. The Morgan fingerprint density at radius 3 is 2.67 bits per heavy atom. The second kappa shape index (κ2) is 6.59. The molecule has 1 N–H and O–H groups in total. The molecule has 21 heavy (non-hydrogen) atoms. The molecule has 0 aliphatic rings. The van der Waals surface area contributed by atoms with Gasteiger partial charge in [0.05, 0.1) is 22.3 Å². The van der Waals surface area contributed by atoms with Crippen molar-refractivity contribution in [2.75, 3.05) is 19.4 Å². The third-order valence-electron chi connectivity index (χ3n) is 3.12. The quantitative estimate of drug-likeness (QED) is 0.938. The largest absolute Gasteiger partial charge is 0.377 e. The smallest absolute Gasteiger partial charge is 0.254 e. The van der Waals surface area contributed by atoms with E-state index in [1.54, 1.807) is 32.4 Å². The van der Waals surface area contributed by atoms with Gasteiger partial charge in [-0.3, -0.25) is 9.78 Å². The lowest BCUT2D eigenvalue weighted by Gasteiger charge is -2.17. The highest BCUT2D eigenvalue weighted by molar-refractivity contribution is 6.34. The molecule has 0 saturated heterocycles. The van der Waals surface area contributed by atoms with E-state index in [4.69, 9.17) is 11.6 Å². The average molecular weight is 304 g/mol. The van der Waals surface area contributed by atoms with Crippen LogP contribution >= 0.6 is 11.6 Å². The number of halogens is 1. The number of hydrogen-bond acceptors (Lipinski definition) is 3. The van der Waals surface area contributed by atoms with Crippen LogP contribution in [0.5, 0.6) is 0 Å². The minimum Gasteiger partial charge on any atom is -0.377 e. The zero-order valence-corrected chi connectivity index (χ0v) is 13.1. The number of rotatable bonds is 4. The van der Waals surface area contributed by atoms with E-state index in [0.717, 1.165) is 11.4 Å². The molecule has 0 spiro atoms. The summed E-state index contributed by atoms with van der Waals surface area (Å²) >= 11 is 6.10. The molecule has 1 aromatic carbocycles. The van der Waals surface area contributed by atoms with E-state index in [0.29, 0.717) is 10.6 Å². The zero-order valence-electron chi connectivity index (χ0n) is 12.3. The Morgan fingerprint density at radius 1 is 1.29 bits per heavy atom. The molecule has 0 bridgehead atoms. The predicted octanol–water partition coefficient (Wildman–Crippen LogP) is 3.61. The fraction of sp³-hybridized carbons (Fsp3) is 0.250. The van der Waals surface area contributed by atoms with Gasteiger partial charge in [-0.15, -0.1) is 0 Å². The number of aromatic nitrogens is 1. The highest BCUT2D eigenvalue weighted by Crippen LogP contribution is 2.24. The van der Waals surface area contributed by atoms with Gasteiger partial charge in [0.15, 0.2) is 0 Å². The third kappa shape index (κ3) is 3.73. The topological polar surface area (TPSA) is 45.2 Å². The monoisotopic (exact) mass is 303 g/mol. The van der Waals surface area contributed by atoms with Crippen LogP contribution in [0.3, 0.4) is 0 Å². The SMILES string of the molecule is CC(Nc1ccc(Cl)c(C(=O)N(C)C)c1)c1ccccn1. The van der Waals surface area contributed by atoms with Crippen LogP contribution in [0, 0.1) is 0 Å². The number of nitrogens with zero attached hydrogens (tertiary/aromatic N) is 2. The number of pyridine rings is 1. The first-order chi connectivity index (χ1) is 9.99. The maximum absolute atomic E-state index is 12.1. The molecule has 1 aromatic heterocycles. The van der Waals surface area contributed by atoms with Crippen LogP contribution in [0.25, 0.3) is 0 Å². The number of hydrogen-bond donors (Lipinski definition) is 1. The van der Waals surface area contributed by atoms with E-state index in [9.17, 15) is 4.79 Å². The summed E-state index contributed by atoms with van der Waals surface area (Å²) in [7, 11) is 3.41. The Morgan fingerprint density at radius 2 is 2.05 bits per heavy atom. The minimum absolute atomic E-state index is 0.0367. The molecule has 1 atom stereocenters. The Hall–Kier alpha value is -2.07. The van der Waals surface area contributed by atoms with Crippen molar-refractivity contribution in [3.8, 4) is 0 Å². The molecule has 110 valence electrons. The first-order valence-corrected chi connectivity index (χ1v) is 7.05. The summed E-state index contributed by atoms with van der Waals surface area (Å²) in [6, 6.07) is 11.2. The summed E-state index contributed by atoms with van der Waals surface area (Å²) in [4.78, 5) is 17.9. The van der Waals surface area contributed by atoms with Gasteiger partial charge in [0.1, 0.15) is 0 Å². The molecule has 0 aliphatic heterocycles. The first-order valence-electron chi connectivity index (χ1n) is 6.67. The van der Waals surface area contributed by atoms with Crippen molar-refractivity contribution >= 4 is 23.2 Å². The number of nitrogens with one attached hydrogen (secondary N) is 1. The summed E-state index contributed by atoms with van der Waals surface area (Å²) in [6.07, 6.45) is 1.76. The molecule has 1 heterocycles. The molecule has 5 heteroatoms. The Bertz CT molecular complexity index is 629. The van der Waals surface area contributed by atoms with Gasteiger partial charge >= 0.3 is 0 Å². The standard InChI is InChI=1S/C16H18ClN3O/c1-11(15-6-4-5-9-18-15)19-12-7-8-14(17)13(10-12)16(21)20(2)3/h4-11,19H,1-3H3. The van der Waals surface area contributed by atoms with Gasteiger partial charge in [0, 0.05) is 26.0 Å². The molecule has 1 amide bonds. The van der Waals surface area contributed by atoms with Gasteiger partial charge in [-0.2, -0.15) is 0 Å². The maximum atomic E-state index is 12.1. The molecule has 0 fully saturated rings. The highest BCUT2D eigenvalue weighted by Gasteiger charge is 2.14. The van der Waals surface area contributed by atoms with Crippen molar-refractivity contribution in [3.05, 3.63) is 58.9 Å². The highest BCUT2D eigenvalue weighted by atomic mass is 35.5. The summed E-state index contributed by atoms with van der Waals surface area (Å²) < 4.78 is 0. The van der Waals surface area contributed by atoms with E-state index < -0.39 is 0 Å². The summed E-state index contributed by atoms with van der Waals surface area (Å²) in [6.45, 7) is 2.02. The van der Waals surface area contributed by atoms with Crippen molar-refractivity contribution in [2.45, 2.75) is 13.0 Å². The minimum atomic E-state index is -0.117. The van der Waals surface area contributed by atoms with Crippen LogP contribution < -0.4 is 5.32 Å². The van der Waals surface area contributed by atoms with E-state index in [2.05, 4.69) is 10.3 Å². The normalized spacial score (nSPS) is 11.8. The van der Waals surface area contributed by atoms with Crippen molar-refractivity contribution in [1.82, 2.24) is 9.88 Å². The Labute approximate surface area is 129 Å². The number of carbonyl (C=O) groups is 1. The van der Waals surface area contributed by atoms with E-state index in [-0.39, 0.29) is 11.9 Å². The number of carbonyl (C=O) groups excluding carboxylic acids is 1. The van der Waals surface area contributed by atoms with Crippen LogP contribution in [-0.2, 0) is 0 Å². The molecular weight excluding hydrogens is 286 g/mol. The molecule has 0 saturated carbocycles. The van der Waals surface area contributed by atoms with Crippen LogP contribution in [0.1, 0.15) is 29.0 Å². The van der Waals surface area contributed by atoms with Crippen molar-refractivity contribution in [2.24, 2.45) is 0 Å². The molecular formula is C16H18ClN3O. The molecule has 0 radical (unpaired) electrons. The van der Waals surface area contributed by atoms with Gasteiger partial charge in [0.2, 0.25) is 0 Å². The lowest BCUT2D eigenvalue weighted by Crippen LogP contribution is -2.22. The fourth-order valence-corrected chi connectivity index (χ4v) is 2.17. The van der Waals surface area contributed by atoms with Crippen LogP contribution in [-0.4, -0.2) is 29.9 Å². The number of anilines is 1. The number of amides is 1. The van der Waals surface area contributed by atoms with E-state index in [1.807, 2.05) is 31.2 Å². The van der Waals surface area contributed by atoms with Gasteiger partial charge in [-0.25, -0.2) is 0 Å². The van der Waals surface area contributed by atoms with E-state index in [1.165, 1.54) is 4.90 Å².